The smallest absolute Gasteiger partial charge is 0.268 e. The lowest BCUT2D eigenvalue weighted by atomic mass is 10.1. The molecule has 2 nitrogen and oxygen atoms in total. The summed E-state index contributed by atoms with van der Waals surface area (Å²) in [6.45, 7) is 0. The fourth-order valence-corrected chi connectivity index (χ4v) is 1.46. The van der Waals surface area contributed by atoms with E-state index in [9.17, 15) is 4.79 Å². The maximum Gasteiger partial charge on any atom is 0.268 e. The van der Waals surface area contributed by atoms with Crippen molar-refractivity contribution < 1.29 is 4.79 Å². The summed E-state index contributed by atoms with van der Waals surface area (Å²) < 4.78 is -0.116. The summed E-state index contributed by atoms with van der Waals surface area (Å²) in [6, 6.07) is 8.79. The Kier molecular flexibility index (Phi) is 4.26. The second-order valence-electron chi connectivity index (χ2n) is 2.43. The maximum atomic E-state index is 11.3. The minimum Gasteiger partial charge on any atom is -0.268 e. The highest BCUT2D eigenvalue weighted by Crippen LogP contribution is 2.24. The molecule has 0 spiro atoms. The van der Waals surface area contributed by atoms with E-state index >= 15 is 0 Å². The molecule has 0 radical (unpaired) electrons. The van der Waals surface area contributed by atoms with Crippen LogP contribution in [0.4, 0.5) is 0 Å². The van der Waals surface area contributed by atoms with E-state index in [4.69, 9.17) is 35.0 Å². The van der Waals surface area contributed by atoms with E-state index in [1.165, 1.54) is 0 Å². The maximum absolute atomic E-state index is 11.3. The molecule has 0 saturated carbocycles. The minimum atomic E-state index is -0.530. The lowest BCUT2D eigenvalue weighted by Crippen LogP contribution is -2.14. The lowest BCUT2D eigenvalue weighted by molar-refractivity contribution is -0.114. The van der Waals surface area contributed by atoms with E-state index in [-0.39, 0.29) is 10.1 Å². The van der Waals surface area contributed by atoms with Gasteiger partial charge in [0.2, 0.25) is 0 Å². The van der Waals surface area contributed by atoms with E-state index in [0.717, 1.165) is 0 Å². The molecule has 1 aromatic rings. The molecule has 1 rings (SSSR count). The zero-order chi connectivity index (χ0) is 10.6. The first-order chi connectivity index (χ1) is 6.66. The largest absolute Gasteiger partial charge is 0.268 e. The third kappa shape index (κ3) is 2.64. The van der Waals surface area contributed by atoms with Gasteiger partial charge >= 0.3 is 0 Å². The topological polar surface area (TPSA) is 29.1 Å². The second kappa shape index (κ2) is 5.25. The molecular formula is C9H6Cl3NO. The molecule has 14 heavy (non-hydrogen) atoms. The SMILES string of the molecule is O=C(NCl)C(=C(Cl)Cl)c1ccccc1. The van der Waals surface area contributed by atoms with E-state index < -0.39 is 5.91 Å². The molecule has 0 unspecified atom stereocenters. The predicted molar refractivity (Wildman–Crippen MR) is 59.1 cm³/mol. The number of carbonyl (C=O) groups excluding carboxylic acids is 1. The van der Waals surface area contributed by atoms with Gasteiger partial charge in [0, 0.05) is 11.8 Å². The van der Waals surface area contributed by atoms with Gasteiger partial charge in [-0.05, 0) is 5.56 Å². The number of amides is 1. The molecule has 5 heteroatoms. The van der Waals surface area contributed by atoms with E-state index in [1.807, 2.05) is 10.9 Å². The van der Waals surface area contributed by atoms with Crippen molar-refractivity contribution in [3.63, 3.8) is 0 Å². The molecule has 0 saturated heterocycles. The Hall–Kier alpha value is -0.700. The number of rotatable bonds is 2. The first-order valence-corrected chi connectivity index (χ1v) is 4.82. The van der Waals surface area contributed by atoms with Gasteiger partial charge in [0.25, 0.3) is 5.91 Å². The molecule has 0 aliphatic heterocycles. The third-order valence-electron chi connectivity index (χ3n) is 1.56. The highest BCUT2D eigenvalue weighted by atomic mass is 35.5. The van der Waals surface area contributed by atoms with Crippen LogP contribution in [0, 0.1) is 0 Å². The van der Waals surface area contributed by atoms with Gasteiger partial charge in [0.15, 0.2) is 0 Å². The van der Waals surface area contributed by atoms with Gasteiger partial charge in [0.1, 0.15) is 4.49 Å². The summed E-state index contributed by atoms with van der Waals surface area (Å²) in [5.74, 6) is -0.530. The number of benzene rings is 1. The van der Waals surface area contributed by atoms with Crippen molar-refractivity contribution in [2.75, 3.05) is 0 Å². The average molecular weight is 251 g/mol. The quantitative estimate of drug-likeness (QED) is 0.634. The van der Waals surface area contributed by atoms with E-state index in [0.29, 0.717) is 5.56 Å². The number of nitrogens with one attached hydrogen (secondary N) is 1. The Morgan fingerprint density at radius 3 is 2.14 bits per heavy atom. The van der Waals surface area contributed by atoms with E-state index in [1.54, 1.807) is 24.3 Å². The van der Waals surface area contributed by atoms with Crippen LogP contribution < -0.4 is 4.84 Å². The van der Waals surface area contributed by atoms with Gasteiger partial charge in [-0.2, -0.15) is 0 Å². The number of halogens is 3. The molecule has 0 heterocycles. The third-order valence-corrected chi connectivity index (χ3v) is 2.11. The Labute approximate surface area is 96.6 Å². The molecule has 1 amide bonds. The van der Waals surface area contributed by atoms with Crippen LogP contribution >= 0.6 is 35.0 Å². The van der Waals surface area contributed by atoms with Crippen molar-refractivity contribution >= 4 is 46.5 Å². The fourth-order valence-electron chi connectivity index (χ4n) is 0.978. The van der Waals surface area contributed by atoms with Gasteiger partial charge < -0.3 is 0 Å². The average Bonchev–Trinajstić information content (AvgIpc) is 2.19. The van der Waals surface area contributed by atoms with Crippen LogP contribution in [-0.4, -0.2) is 5.91 Å². The molecule has 0 fully saturated rings. The Balaban J connectivity index is 3.16. The molecule has 0 aromatic heterocycles. The lowest BCUT2D eigenvalue weighted by Gasteiger charge is -2.04. The van der Waals surface area contributed by atoms with Crippen LogP contribution in [0.2, 0.25) is 0 Å². The first kappa shape index (κ1) is 11.4. The normalized spacial score (nSPS) is 9.36. The van der Waals surface area contributed by atoms with Crippen molar-refractivity contribution in [3.05, 3.63) is 40.4 Å². The van der Waals surface area contributed by atoms with Crippen LogP contribution in [-0.2, 0) is 4.79 Å². The molecule has 0 atom stereocenters. The monoisotopic (exact) mass is 249 g/mol. The highest BCUT2D eigenvalue weighted by molar-refractivity contribution is 6.61. The number of carbonyl (C=O) groups is 1. The summed E-state index contributed by atoms with van der Waals surface area (Å²) in [5, 5.41) is 0. The zero-order valence-corrected chi connectivity index (χ0v) is 9.20. The van der Waals surface area contributed by atoms with Crippen LogP contribution in [0.1, 0.15) is 5.56 Å². The van der Waals surface area contributed by atoms with Crippen molar-refractivity contribution in [2.24, 2.45) is 0 Å². The fraction of sp³-hybridized carbons (Fsp3) is 0. The zero-order valence-electron chi connectivity index (χ0n) is 6.93. The molecule has 0 aliphatic carbocycles. The van der Waals surface area contributed by atoms with Crippen LogP contribution in [0.5, 0.6) is 0 Å². The second-order valence-corrected chi connectivity index (χ2v) is 3.56. The predicted octanol–water partition coefficient (Wildman–Crippen LogP) is 3.10. The van der Waals surface area contributed by atoms with E-state index in [2.05, 4.69) is 0 Å². The van der Waals surface area contributed by atoms with Crippen molar-refractivity contribution in [1.82, 2.24) is 4.84 Å². The number of hydrogen-bond acceptors (Lipinski definition) is 1. The number of hydrogen-bond donors (Lipinski definition) is 1. The van der Waals surface area contributed by atoms with Gasteiger partial charge in [-0.15, -0.1) is 0 Å². The molecule has 1 N–H and O–H groups in total. The standard InChI is InChI=1S/C9H6Cl3NO/c10-8(11)7(9(14)13-12)6-4-2-1-3-5-6/h1-5H,(H,13,14). The summed E-state index contributed by atoms with van der Waals surface area (Å²) in [5.41, 5.74) is 0.773. The van der Waals surface area contributed by atoms with Crippen LogP contribution in [0.15, 0.2) is 34.8 Å². The van der Waals surface area contributed by atoms with Gasteiger partial charge in [-0.3, -0.25) is 9.63 Å². The molecular weight excluding hydrogens is 244 g/mol. The van der Waals surface area contributed by atoms with Crippen LogP contribution in [0.25, 0.3) is 5.57 Å². The van der Waals surface area contributed by atoms with Gasteiger partial charge in [-0.1, -0.05) is 53.5 Å². The molecule has 74 valence electrons. The van der Waals surface area contributed by atoms with Gasteiger partial charge in [-0.25, -0.2) is 0 Å². The highest BCUT2D eigenvalue weighted by Gasteiger charge is 2.14. The summed E-state index contributed by atoms with van der Waals surface area (Å²) in [7, 11) is 0. The van der Waals surface area contributed by atoms with Crippen molar-refractivity contribution in [1.29, 1.82) is 0 Å². The molecule has 0 aliphatic rings. The summed E-state index contributed by atoms with van der Waals surface area (Å²) in [6.07, 6.45) is 0. The van der Waals surface area contributed by atoms with Crippen molar-refractivity contribution in [3.8, 4) is 0 Å². The molecule has 0 bridgehead atoms. The molecule has 1 aromatic carbocycles. The van der Waals surface area contributed by atoms with Gasteiger partial charge in [0.05, 0.1) is 5.57 Å². The van der Waals surface area contributed by atoms with Crippen LogP contribution in [0.3, 0.4) is 0 Å². The summed E-state index contributed by atoms with van der Waals surface area (Å²) in [4.78, 5) is 13.2. The minimum absolute atomic E-state index is 0.116. The Morgan fingerprint density at radius 1 is 1.14 bits per heavy atom. The first-order valence-electron chi connectivity index (χ1n) is 3.68. The summed E-state index contributed by atoms with van der Waals surface area (Å²) >= 11 is 16.3. The Morgan fingerprint density at radius 2 is 1.71 bits per heavy atom. The van der Waals surface area contributed by atoms with Crippen molar-refractivity contribution in [2.45, 2.75) is 0 Å². The Bertz CT molecular complexity index is 358.